The molecule has 0 spiro atoms. The van der Waals surface area contributed by atoms with Crippen LogP contribution in [0.3, 0.4) is 0 Å². The van der Waals surface area contributed by atoms with Gasteiger partial charge in [0, 0.05) is 32.6 Å². The lowest BCUT2D eigenvalue weighted by Crippen LogP contribution is -2.46. The molecule has 2 aliphatic heterocycles. The number of ether oxygens (including phenoxy) is 1. The van der Waals surface area contributed by atoms with Crippen molar-refractivity contribution >= 4 is 29.1 Å². The van der Waals surface area contributed by atoms with Gasteiger partial charge >= 0.3 is 0 Å². The van der Waals surface area contributed by atoms with E-state index >= 15 is 0 Å². The Labute approximate surface area is 236 Å². The number of benzene rings is 3. The highest BCUT2D eigenvalue weighted by Gasteiger charge is 2.35. The second kappa shape index (κ2) is 12.7. The minimum Gasteiger partial charge on any atom is -0.379 e. The standard InChI is InChI=1S/C30H29ClF2N4O3/c31-26-4-2-1-3-25(26)30(39)36(14-13-35-15-17-40-18-16-35)20-29(38)37-28(22-7-11-24(33)12-8-22)19-27(34-37)21-5-9-23(32)10-6-21/h1-12,28H,13-20H2/t28-/m1/s1. The fourth-order valence-electron chi connectivity index (χ4n) is 4.88. The summed E-state index contributed by atoms with van der Waals surface area (Å²) < 4.78 is 32.7. The zero-order valence-corrected chi connectivity index (χ0v) is 22.6. The Bertz CT molecular complexity index is 1380. The summed E-state index contributed by atoms with van der Waals surface area (Å²) in [5.74, 6) is -1.51. The maximum atomic E-state index is 13.8. The number of nitrogens with zero attached hydrogens (tertiary/aromatic N) is 4. The monoisotopic (exact) mass is 566 g/mol. The van der Waals surface area contributed by atoms with Crippen LogP contribution in [-0.4, -0.2) is 78.3 Å². The lowest BCUT2D eigenvalue weighted by molar-refractivity contribution is -0.133. The molecule has 1 atom stereocenters. The highest BCUT2D eigenvalue weighted by molar-refractivity contribution is 6.33. The molecule has 0 bridgehead atoms. The molecule has 0 radical (unpaired) electrons. The summed E-state index contributed by atoms with van der Waals surface area (Å²) in [5.41, 5.74) is 2.29. The van der Waals surface area contributed by atoms with Gasteiger partial charge in [0.15, 0.2) is 0 Å². The minimum absolute atomic E-state index is 0.230. The Kier molecular flexibility index (Phi) is 8.84. The molecule has 1 fully saturated rings. The molecule has 0 unspecified atom stereocenters. The third-order valence-corrected chi connectivity index (χ3v) is 7.44. The quantitative estimate of drug-likeness (QED) is 0.394. The topological polar surface area (TPSA) is 65.5 Å². The van der Waals surface area contributed by atoms with Crippen molar-refractivity contribution in [2.24, 2.45) is 5.10 Å². The van der Waals surface area contributed by atoms with Crippen LogP contribution in [-0.2, 0) is 9.53 Å². The number of amides is 2. The van der Waals surface area contributed by atoms with Gasteiger partial charge in [-0.3, -0.25) is 14.5 Å². The number of carbonyl (C=O) groups excluding carboxylic acids is 2. The predicted octanol–water partition coefficient (Wildman–Crippen LogP) is 4.77. The molecule has 10 heteroatoms. The normalized spacial score (nSPS) is 17.5. The van der Waals surface area contributed by atoms with E-state index in [1.165, 1.54) is 34.2 Å². The van der Waals surface area contributed by atoms with Gasteiger partial charge in [-0.2, -0.15) is 5.10 Å². The lowest BCUT2D eigenvalue weighted by atomic mass is 9.98. The average Bonchev–Trinajstić information content (AvgIpc) is 3.42. The van der Waals surface area contributed by atoms with Crippen molar-refractivity contribution in [1.29, 1.82) is 0 Å². The molecule has 5 rings (SSSR count). The Morgan fingerprint density at radius 1 is 0.950 bits per heavy atom. The SMILES string of the molecule is O=C(c1ccccc1Cl)N(CCN1CCOCC1)CC(=O)N1N=C(c2ccc(F)cc2)C[C@@H]1c1ccc(F)cc1. The number of hydrazone groups is 1. The summed E-state index contributed by atoms with van der Waals surface area (Å²) in [4.78, 5) is 31.1. The van der Waals surface area contributed by atoms with E-state index in [9.17, 15) is 18.4 Å². The summed E-state index contributed by atoms with van der Waals surface area (Å²) in [6.07, 6.45) is 0.356. The van der Waals surface area contributed by atoms with Gasteiger partial charge in [-0.05, 0) is 47.5 Å². The highest BCUT2D eigenvalue weighted by atomic mass is 35.5. The van der Waals surface area contributed by atoms with Crippen LogP contribution >= 0.6 is 11.6 Å². The fraction of sp³-hybridized carbons (Fsp3) is 0.300. The summed E-state index contributed by atoms with van der Waals surface area (Å²) in [6.45, 7) is 3.36. The zero-order valence-electron chi connectivity index (χ0n) is 21.8. The molecule has 3 aromatic carbocycles. The zero-order chi connectivity index (χ0) is 28.1. The summed E-state index contributed by atoms with van der Waals surface area (Å²) >= 11 is 6.34. The molecule has 2 heterocycles. The van der Waals surface area contributed by atoms with E-state index in [0.717, 1.165) is 13.1 Å². The smallest absolute Gasteiger partial charge is 0.262 e. The van der Waals surface area contributed by atoms with Gasteiger partial charge in [0.2, 0.25) is 0 Å². The number of hydrogen-bond donors (Lipinski definition) is 0. The van der Waals surface area contributed by atoms with Crippen LogP contribution in [0.2, 0.25) is 5.02 Å². The van der Waals surface area contributed by atoms with Crippen LogP contribution in [0.4, 0.5) is 8.78 Å². The van der Waals surface area contributed by atoms with Crippen LogP contribution in [0.15, 0.2) is 77.9 Å². The van der Waals surface area contributed by atoms with Gasteiger partial charge < -0.3 is 9.64 Å². The highest BCUT2D eigenvalue weighted by Crippen LogP contribution is 2.33. The number of hydrogen-bond acceptors (Lipinski definition) is 5. The molecule has 0 aromatic heterocycles. The number of carbonyl (C=O) groups is 2. The van der Waals surface area contributed by atoms with E-state index in [2.05, 4.69) is 10.0 Å². The molecule has 208 valence electrons. The van der Waals surface area contributed by atoms with Crippen LogP contribution in [0.25, 0.3) is 0 Å². The van der Waals surface area contributed by atoms with Crippen molar-refractivity contribution in [3.05, 3.63) is 106 Å². The van der Waals surface area contributed by atoms with E-state index < -0.39 is 11.9 Å². The second-order valence-electron chi connectivity index (χ2n) is 9.72. The first-order chi connectivity index (χ1) is 19.4. The fourth-order valence-corrected chi connectivity index (χ4v) is 5.10. The van der Waals surface area contributed by atoms with Crippen molar-refractivity contribution in [3.8, 4) is 0 Å². The molecule has 0 aliphatic carbocycles. The Hall–Kier alpha value is -3.66. The van der Waals surface area contributed by atoms with Gasteiger partial charge in [0.25, 0.3) is 11.8 Å². The Morgan fingerprint density at radius 2 is 1.60 bits per heavy atom. The van der Waals surface area contributed by atoms with Gasteiger partial charge in [0.05, 0.1) is 35.6 Å². The van der Waals surface area contributed by atoms with Crippen LogP contribution in [0, 0.1) is 11.6 Å². The summed E-state index contributed by atoms with van der Waals surface area (Å²) in [6, 6.07) is 18.0. The molecule has 1 saturated heterocycles. The molecule has 7 nitrogen and oxygen atoms in total. The second-order valence-corrected chi connectivity index (χ2v) is 10.1. The van der Waals surface area contributed by atoms with E-state index in [4.69, 9.17) is 16.3 Å². The van der Waals surface area contributed by atoms with Crippen molar-refractivity contribution in [2.75, 3.05) is 45.9 Å². The van der Waals surface area contributed by atoms with E-state index in [0.29, 0.717) is 60.1 Å². The largest absolute Gasteiger partial charge is 0.379 e. The number of rotatable bonds is 8. The molecule has 2 aliphatic rings. The maximum Gasteiger partial charge on any atom is 0.262 e. The third kappa shape index (κ3) is 6.55. The van der Waals surface area contributed by atoms with E-state index in [1.54, 1.807) is 48.5 Å². The molecule has 2 amide bonds. The van der Waals surface area contributed by atoms with Gasteiger partial charge in [-0.25, -0.2) is 13.8 Å². The van der Waals surface area contributed by atoms with E-state index in [1.807, 2.05) is 0 Å². The van der Waals surface area contributed by atoms with Crippen molar-refractivity contribution in [3.63, 3.8) is 0 Å². The molecule has 40 heavy (non-hydrogen) atoms. The van der Waals surface area contributed by atoms with Crippen LogP contribution < -0.4 is 0 Å². The summed E-state index contributed by atoms with van der Waals surface area (Å²) in [7, 11) is 0. The van der Waals surface area contributed by atoms with Gasteiger partial charge in [-0.15, -0.1) is 0 Å². The minimum atomic E-state index is -0.510. The van der Waals surface area contributed by atoms with Crippen molar-refractivity contribution in [2.45, 2.75) is 12.5 Å². The Morgan fingerprint density at radius 3 is 2.27 bits per heavy atom. The number of morpholine rings is 1. The first-order valence-corrected chi connectivity index (χ1v) is 13.5. The molecule has 0 N–H and O–H groups in total. The molecular formula is C30H29ClF2N4O3. The van der Waals surface area contributed by atoms with Gasteiger partial charge in [0.1, 0.15) is 18.2 Å². The molecule has 3 aromatic rings. The molecule has 0 saturated carbocycles. The average molecular weight is 567 g/mol. The lowest BCUT2D eigenvalue weighted by Gasteiger charge is -2.31. The first kappa shape index (κ1) is 27.9. The first-order valence-electron chi connectivity index (χ1n) is 13.1. The van der Waals surface area contributed by atoms with Crippen LogP contribution in [0.5, 0.6) is 0 Å². The molecular weight excluding hydrogens is 538 g/mol. The van der Waals surface area contributed by atoms with Gasteiger partial charge in [-0.1, -0.05) is 48.0 Å². The third-order valence-electron chi connectivity index (χ3n) is 7.11. The van der Waals surface area contributed by atoms with E-state index in [-0.39, 0.29) is 24.1 Å². The summed E-state index contributed by atoms with van der Waals surface area (Å²) in [5, 5.41) is 6.27. The number of halogens is 3. The predicted molar refractivity (Wildman–Crippen MR) is 148 cm³/mol. The van der Waals surface area contributed by atoms with Crippen molar-refractivity contribution < 1.29 is 23.1 Å². The van der Waals surface area contributed by atoms with Crippen molar-refractivity contribution in [1.82, 2.24) is 14.8 Å². The van der Waals surface area contributed by atoms with Crippen LogP contribution in [0.1, 0.15) is 33.9 Å². The Balaban J connectivity index is 1.42. The maximum absolute atomic E-state index is 13.8.